The second-order valence-electron chi connectivity index (χ2n) is 8.79. The normalized spacial score (nSPS) is 13.4. The molecule has 0 aliphatic carbocycles. The van der Waals surface area contributed by atoms with Gasteiger partial charge in [-0.15, -0.1) is 0 Å². The van der Waals surface area contributed by atoms with Gasteiger partial charge >= 0.3 is 0 Å². The predicted octanol–water partition coefficient (Wildman–Crippen LogP) is 8.39. The molecule has 0 aliphatic rings. The molecule has 0 amide bonds. The summed E-state index contributed by atoms with van der Waals surface area (Å²) in [6, 6.07) is 11.7. The fourth-order valence-electron chi connectivity index (χ4n) is 4.59. The molecule has 2 unspecified atom stereocenters. The zero-order valence-electron chi connectivity index (χ0n) is 19.1. The molecule has 2 rings (SSSR count). The Labute approximate surface area is 180 Å². The number of rotatable bonds is 17. The van der Waals surface area contributed by atoms with Crippen molar-refractivity contribution in [1.82, 2.24) is 9.55 Å². The molecule has 0 spiro atoms. The first kappa shape index (κ1) is 23.7. The maximum Gasteiger partial charge on any atom is 0.0948 e. The predicted molar refractivity (Wildman–Crippen MR) is 126 cm³/mol. The van der Waals surface area contributed by atoms with Gasteiger partial charge in [0.25, 0.3) is 0 Å². The van der Waals surface area contributed by atoms with E-state index in [1.54, 1.807) is 0 Å². The molecule has 2 aromatic rings. The lowest BCUT2D eigenvalue weighted by atomic mass is 9.84. The average molecular weight is 397 g/mol. The Balaban J connectivity index is 1.99. The Hall–Kier alpha value is -1.57. The van der Waals surface area contributed by atoms with Crippen molar-refractivity contribution >= 4 is 0 Å². The Kier molecular flexibility index (Phi) is 12.5. The van der Waals surface area contributed by atoms with Crippen molar-refractivity contribution in [2.45, 2.75) is 110 Å². The largest absolute Gasteiger partial charge is 0.334 e. The Bertz CT molecular complexity index is 590. The highest BCUT2D eigenvalue weighted by Gasteiger charge is 2.22. The van der Waals surface area contributed by atoms with Gasteiger partial charge in [-0.05, 0) is 30.7 Å². The highest BCUT2D eigenvalue weighted by molar-refractivity contribution is 5.15. The molecule has 0 fully saturated rings. The first-order chi connectivity index (χ1) is 14.3. The fourth-order valence-corrected chi connectivity index (χ4v) is 4.59. The van der Waals surface area contributed by atoms with Gasteiger partial charge in [0.15, 0.2) is 0 Å². The third kappa shape index (κ3) is 9.65. The second-order valence-corrected chi connectivity index (χ2v) is 8.79. The molecular weight excluding hydrogens is 352 g/mol. The second kappa shape index (κ2) is 15.3. The quantitative estimate of drug-likeness (QED) is 0.245. The van der Waals surface area contributed by atoms with Crippen LogP contribution in [0.15, 0.2) is 49.1 Å². The van der Waals surface area contributed by atoms with Crippen LogP contribution in [0, 0.1) is 5.92 Å². The minimum Gasteiger partial charge on any atom is -0.334 e. The van der Waals surface area contributed by atoms with Crippen LogP contribution in [0.2, 0.25) is 0 Å². The lowest BCUT2D eigenvalue weighted by Crippen LogP contribution is -2.21. The lowest BCUT2D eigenvalue weighted by molar-refractivity contribution is 0.275. The van der Waals surface area contributed by atoms with Crippen molar-refractivity contribution in [1.29, 1.82) is 0 Å². The minimum atomic E-state index is 0.579. The van der Waals surface area contributed by atoms with Crippen LogP contribution < -0.4 is 0 Å². The standard InChI is InChI=1S/C27H44N2/c1-3-5-7-9-11-16-20-27(29-22-21-28-24-29)26(19-15-10-8-6-4-2)23-25-17-13-12-14-18-25/h12-14,17-18,21-22,24,26-27H,3-11,15-16,19-20,23H2,1-2H3. The Morgan fingerprint density at radius 3 is 2.00 bits per heavy atom. The summed E-state index contributed by atoms with van der Waals surface area (Å²) in [5.41, 5.74) is 1.49. The van der Waals surface area contributed by atoms with Crippen LogP contribution in [0.1, 0.15) is 109 Å². The van der Waals surface area contributed by atoms with Crippen molar-refractivity contribution in [3.8, 4) is 0 Å². The summed E-state index contributed by atoms with van der Waals surface area (Å²) in [6.07, 6.45) is 25.1. The fraction of sp³-hybridized carbons (Fsp3) is 0.667. The lowest BCUT2D eigenvalue weighted by Gasteiger charge is -2.29. The van der Waals surface area contributed by atoms with Crippen LogP contribution in [0.3, 0.4) is 0 Å². The number of imidazole rings is 1. The summed E-state index contributed by atoms with van der Waals surface area (Å²) in [6.45, 7) is 4.59. The number of benzene rings is 1. The van der Waals surface area contributed by atoms with E-state index < -0.39 is 0 Å². The molecule has 0 N–H and O–H groups in total. The first-order valence-electron chi connectivity index (χ1n) is 12.4. The summed E-state index contributed by atoms with van der Waals surface area (Å²) in [5, 5.41) is 0. The van der Waals surface area contributed by atoms with Crippen molar-refractivity contribution in [3.05, 3.63) is 54.6 Å². The molecule has 0 radical (unpaired) electrons. The van der Waals surface area contributed by atoms with Crippen molar-refractivity contribution in [2.75, 3.05) is 0 Å². The van der Waals surface area contributed by atoms with Crippen molar-refractivity contribution in [2.24, 2.45) is 5.92 Å². The smallest absolute Gasteiger partial charge is 0.0948 e. The molecule has 2 heteroatoms. The topological polar surface area (TPSA) is 17.8 Å². The summed E-state index contributed by atoms with van der Waals surface area (Å²) >= 11 is 0. The van der Waals surface area contributed by atoms with E-state index in [-0.39, 0.29) is 0 Å². The summed E-state index contributed by atoms with van der Waals surface area (Å²) in [5.74, 6) is 0.698. The molecule has 1 heterocycles. The molecule has 1 aromatic carbocycles. The van der Waals surface area contributed by atoms with Gasteiger partial charge in [-0.2, -0.15) is 0 Å². The first-order valence-corrected chi connectivity index (χ1v) is 12.4. The van der Waals surface area contributed by atoms with Gasteiger partial charge in [0.2, 0.25) is 0 Å². The number of nitrogens with zero attached hydrogens (tertiary/aromatic N) is 2. The molecule has 0 bridgehead atoms. The molecular formula is C27H44N2. The van der Waals surface area contributed by atoms with Gasteiger partial charge in [0.1, 0.15) is 0 Å². The average Bonchev–Trinajstić information content (AvgIpc) is 3.28. The molecule has 0 saturated carbocycles. The van der Waals surface area contributed by atoms with E-state index in [1.165, 1.54) is 95.5 Å². The SMILES string of the molecule is CCCCCCCCC(C(CCCCCCC)Cc1ccccc1)n1ccnc1. The van der Waals surface area contributed by atoms with E-state index in [1.807, 2.05) is 6.20 Å². The minimum absolute atomic E-state index is 0.579. The highest BCUT2D eigenvalue weighted by atomic mass is 15.1. The van der Waals surface area contributed by atoms with E-state index in [0.29, 0.717) is 12.0 Å². The van der Waals surface area contributed by atoms with Gasteiger partial charge in [0.05, 0.1) is 6.33 Å². The zero-order chi connectivity index (χ0) is 20.6. The van der Waals surface area contributed by atoms with E-state index in [4.69, 9.17) is 0 Å². The summed E-state index contributed by atoms with van der Waals surface area (Å²) in [7, 11) is 0. The molecule has 1 aromatic heterocycles. The molecule has 0 saturated heterocycles. The van der Waals surface area contributed by atoms with Crippen LogP contribution in [-0.2, 0) is 6.42 Å². The maximum atomic E-state index is 4.39. The molecule has 0 aliphatic heterocycles. The maximum absolute atomic E-state index is 4.39. The van der Waals surface area contributed by atoms with Gasteiger partial charge in [0, 0.05) is 18.4 Å². The van der Waals surface area contributed by atoms with Crippen LogP contribution in [-0.4, -0.2) is 9.55 Å². The van der Waals surface area contributed by atoms with Gasteiger partial charge < -0.3 is 4.57 Å². The van der Waals surface area contributed by atoms with E-state index >= 15 is 0 Å². The zero-order valence-corrected chi connectivity index (χ0v) is 19.1. The monoisotopic (exact) mass is 396 g/mol. The third-order valence-electron chi connectivity index (χ3n) is 6.32. The number of aromatic nitrogens is 2. The number of hydrogen-bond donors (Lipinski definition) is 0. The molecule has 2 atom stereocenters. The van der Waals surface area contributed by atoms with E-state index in [2.05, 4.69) is 66.3 Å². The summed E-state index contributed by atoms with van der Waals surface area (Å²) < 4.78 is 2.41. The Morgan fingerprint density at radius 2 is 1.38 bits per heavy atom. The van der Waals surface area contributed by atoms with Crippen molar-refractivity contribution in [3.63, 3.8) is 0 Å². The molecule has 162 valence electrons. The number of unbranched alkanes of at least 4 members (excludes halogenated alkanes) is 9. The van der Waals surface area contributed by atoms with Crippen LogP contribution >= 0.6 is 0 Å². The van der Waals surface area contributed by atoms with Crippen LogP contribution in [0.5, 0.6) is 0 Å². The molecule has 29 heavy (non-hydrogen) atoms. The van der Waals surface area contributed by atoms with Crippen molar-refractivity contribution < 1.29 is 0 Å². The third-order valence-corrected chi connectivity index (χ3v) is 6.32. The van der Waals surface area contributed by atoms with Gasteiger partial charge in [-0.25, -0.2) is 4.98 Å². The van der Waals surface area contributed by atoms with Gasteiger partial charge in [-0.3, -0.25) is 0 Å². The highest BCUT2D eigenvalue weighted by Crippen LogP contribution is 2.32. The Morgan fingerprint density at radius 1 is 0.759 bits per heavy atom. The summed E-state index contributed by atoms with van der Waals surface area (Å²) in [4.78, 5) is 4.39. The van der Waals surface area contributed by atoms with E-state index in [9.17, 15) is 0 Å². The number of hydrogen-bond acceptors (Lipinski definition) is 1. The van der Waals surface area contributed by atoms with Crippen LogP contribution in [0.25, 0.3) is 0 Å². The van der Waals surface area contributed by atoms with Crippen LogP contribution in [0.4, 0.5) is 0 Å². The molecule has 2 nitrogen and oxygen atoms in total. The van der Waals surface area contributed by atoms with Gasteiger partial charge in [-0.1, -0.05) is 115 Å². The van der Waals surface area contributed by atoms with E-state index in [0.717, 1.165) is 0 Å².